The molecule has 7 rings (SSSR count). The van der Waals surface area contributed by atoms with Crippen LogP contribution >= 0.6 is 11.3 Å². The minimum Gasteiger partial charge on any atom is -0.463 e. The van der Waals surface area contributed by atoms with Gasteiger partial charge in [0.25, 0.3) is 0 Å². The number of nitrogens with two attached hydrogens (primary N) is 1. The smallest absolute Gasteiger partial charge is 0.417 e. The van der Waals surface area contributed by atoms with Crippen molar-refractivity contribution in [2.45, 2.75) is 50.9 Å². The average Bonchev–Trinajstić information content (AvgIpc) is 3.55. The Morgan fingerprint density at radius 2 is 1.92 bits per heavy atom. The number of nitrogen functional groups attached to an aromatic ring is 1. The van der Waals surface area contributed by atoms with E-state index in [0.717, 1.165) is 30.2 Å². The van der Waals surface area contributed by atoms with Crippen LogP contribution in [0.5, 0.6) is 6.01 Å². The van der Waals surface area contributed by atoms with E-state index in [4.69, 9.17) is 10.5 Å². The van der Waals surface area contributed by atoms with Crippen molar-refractivity contribution in [3.63, 3.8) is 0 Å². The van der Waals surface area contributed by atoms with E-state index in [1.165, 1.54) is 12.1 Å². The van der Waals surface area contributed by atoms with Crippen molar-refractivity contribution in [3.8, 4) is 23.2 Å². The number of piperazine rings is 1. The van der Waals surface area contributed by atoms with E-state index in [0.29, 0.717) is 30.9 Å². The number of nitriles is 1. The van der Waals surface area contributed by atoms with Crippen LogP contribution in [0.2, 0.25) is 0 Å². The monoisotopic (exact) mass is 689 g/mol. The number of halogens is 6. The van der Waals surface area contributed by atoms with Crippen molar-refractivity contribution in [3.05, 3.63) is 41.2 Å². The molecule has 0 spiro atoms. The van der Waals surface area contributed by atoms with Gasteiger partial charge in [-0.05, 0) is 50.6 Å². The zero-order valence-corrected chi connectivity index (χ0v) is 27.0. The van der Waals surface area contributed by atoms with E-state index in [2.05, 4.69) is 15.3 Å². The molecule has 2 aromatic carbocycles. The Kier molecular flexibility index (Phi) is 8.11. The third kappa shape index (κ3) is 5.57. The molecule has 8 nitrogen and oxygen atoms in total. The van der Waals surface area contributed by atoms with Crippen molar-refractivity contribution in [2.24, 2.45) is 11.3 Å². The van der Waals surface area contributed by atoms with Gasteiger partial charge in [0.2, 0.25) is 6.43 Å². The van der Waals surface area contributed by atoms with Gasteiger partial charge >= 0.3 is 12.2 Å². The van der Waals surface area contributed by atoms with Crippen LogP contribution < -0.4 is 20.7 Å². The second-order valence-electron chi connectivity index (χ2n) is 13.4. The Morgan fingerprint density at radius 1 is 1.19 bits per heavy atom. The first-order valence-corrected chi connectivity index (χ1v) is 16.5. The summed E-state index contributed by atoms with van der Waals surface area (Å²) in [6.07, 6.45) is -5.60. The minimum absolute atomic E-state index is 0.0406. The summed E-state index contributed by atoms with van der Waals surface area (Å²) in [6.45, 7) is 3.13. The van der Waals surface area contributed by atoms with Crippen molar-refractivity contribution < 1.29 is 31.1 Å². The number of alkyl halides is 5. The first-order valence-electron chi connectivity index (χ1n) is 15.7. The van der Waals surface area contributed by atoms with Crippen LogP contribution in [0.4, 0.5) is 37.2 Å². The zero-order chi connectivity index (χ0) is 34.1. The summed E-state index contributed by atoms with van der Waals surface area (Å²) >= 11 is 1.02. The molecule has 3 aliphatic heterocycles. The maximum atomic E-state index is 17.0. The summed E-state index contributed by atoms with van der Waals surface area (Å²) in [4.78, 5) is 12.6. The van der Waals surface area contributed by atoms with Crippen LogP contribution in [0.1, 0.15) is 37.3 Å². The van der Waals surface area contributed by atoms with E-state index in [1.807, 2.05) is 22.9 Å². The molecule has 4 atom stereocenters. The lowest BCUT2D eigenvalue weighted by Crippen LogP contribution is -2.51. The predicted octanol–water partition coefficient (Wildman–Crippen LogP) is 6.67. The van der Waals surface area contributed by atoms with Gasteiger partial charge in [0, 0.05) is 64.1 Å². The second kappa shape index (κ2) is 11.9. The molecule has 0 radical (unpaired) electrons. The molecule has 2 bridgehead atoms. The quantitative estimate of drug-likeness (QED) is 0.217. The summed E-state index contributed by atoms with van der Waals surface area (Å²) in [5.74, 6) is -2.15. The number of rotatable bonds is 6. The van der Waals surface area contributed by atoms with Crippen LogP contribution in [0.25, 0.3) is 32.1 Å². The van der Waals surface area contributed by atoms with E-state index in [1.54, 1.807) is 13.0 Å². The van der Waals surface area contributed by atoms with Crippen LogP contribution in [-0.4, -0.2) is 73.2 Å². The maximum Gasteiger partial charge on any atom is 0.417 e. The highest BCUT2D eigenvalue weighted by Crippen LogP contribution is 2.48. The first-order chi connectivity index (χ1) is 22.8. The molecule has 3 aliphatic rings. The Morgan fingerprint density at radius 3 is 2.58 bits per heavy atom. The molecule has 0 amide bonds. The largest absolute Gasteiger partial charge is 0.463 e. The van der Waals surface area contributed by atoms with Crippen molar-refractivity contribution in [1.29, 1.82) is 5.26 Å². The lowest BCUT2D eigenvalue weighted by molar-refractivity contribution is -0.137. The van der Waals surface area contributed by atoms with E-state index in [9.17, 15) is 27.2 Å². The fourth-order valence-corrected chi connectivity index (χ4v) is 8.72. The number of ether oxygens (including phenoxy) is 1. The minimum atomic E-state index is -5.00. The summed E-state index contributed by atoms with van der Waals surface area (Å²) in [7, 11) is 1.83. The van der Waals surface area contributed by atoms with Gasteiger partial charge in [-0.1, -0.05) is 19.1 Å². The molecule has 48 heavy (non-hydrogen) atoms. The first kappa shape index (κ1) is 32.7. The lowest BCUT2D eigenvalue weighted by Gasteiger charge is -2.44. The fraction of sp³-hybridized carbons (Fsp3) is 0.485. The second-order valence-corrected chi connectivity index (χ2v) is 14.5. The van der Waals surface area contributed by atoms with Crippen molar-refractivity contribution in [2.75, 3.05) is 50.5 Å². The summed E-state index contributed by atoms with van der Waals surface area (Å²) in [6, 6.07) is 7.05. The maximum absolute atomic E-state index is 17.0. The predicted molar refractivity (Wildman–Crippen MR) is 172 cm³/mol. The number of aromatic nitrogens is 2. The van der Waals surface area contributed by atoms with Crippen molar-refractivity contribution >= 4 is 43.1 Å². The number of nitrogens with one attached hydrogen (secondary N) is 1. The Hall–Kier alpha value is -3.87. The highest BCUT2D eigenvalue weighted by molar-refractivity contribution is 7.23. The molecule has 2 aromatic heterocycles. The number of hydrogen-bond donors (Lipinski definition) is 2. The molecule has 3 fully saturated rings. The highest BCUT2D eigenvalue weighted by Gasteiger charge is 2.45. The van der Waals surface area contributed by atoms with Gasteiger partial charge in [0.05, 0.1) is 17.7 Å². The van der Waals surface area contributed by atoms with Gasteiger partial charge in [-0.25, -0.2) is 13.2 Å². The fourth-order valence-electron chi connectivity index (χ4n) is 7.77. The third-order valence-electron chi connectivity index (χ3n) is 10.0. The number of fused-ring (bicyclic) bond motifs is 4. The van der Waals surface area contributed by atoms with Crippen LogP contribution in [-0.2, 0) is 6.18 Å². The topological polar surface area (TPSA) is 103 Å². The third-order valence-corrected chi connectivity index (χ3v) is 11.0. The van der Waals surface area contributed by atoms with Crippen LogP contribution in [0, 0.1) is 28.5 Å². The molecule has 3 saturated heterocycles. The van der Waals surface area contributed by atoms with Gasteiger partial charge in [0.1, 0.15) is 22.4 Å². The number of anilines is 2. The Labute approximate surface area is 276 Å². The van der Waals surface area contributed by atoms with Crippen molar-refractivity contribution in [1.82, 2.24) is 20.2 Å². The number of benzene rings is 2. The number of likely N-dealkylation sites (tertiary alicyclic amines) is 1. The molecule has 15 heteroatoms. The lowest BCUT2D eigenvalue weighted by atomic mass is 9.73. The molecule has 0 unspecified atom stereocenters. The number of piperidine rings is 1. The number of nitrogens with zero attached hydrogens (tertiary/aromatic N) is 5. The molecule has 0 aliphatic carbocycles. The normalized spacial score (nSPS) is 24.9. The van der Waals surface area contributed by atoms with Gasteiger partial charge in [0.15, 0.2) is 5.82 Å². The van der Waals surface area contributed by atoms with E-state index in [-0.39, 0.29) is 63.8 Å². The molecular formula is C33H33F6N7OS. The number of thiophene rings is 1. The average molecular weight is 690 g/mol. The Bertz CT molecular complexity index is 1930. The van der Waals surface area contributed by atoms with Gasteiger partial charge < -0.3 is 25.6 Å². The molecule has 254 valence electrons. The molecular weight excluding hydrogens is 656 g/mol. The summed E-state index contributed by atoms with van der Waals surface area (Å²) in [5.41, 5.74) is 2.42. The highest BCUT2D eigenvalue weighted by atomic mass is 32.1. The molecule has 5 heterocycles. The van der Waals surface area contributed by atoms with Gasteiger partial charge in [-0.2, -0.15) is 28.4 Å². The van der Waals surface area contributed by atoms with Gasteiger partial charge in [-0.15, -0.1) is 11.3 Å². The number of hydrogen-bond acceptors (Lipinski definition) is 9. The van der Waals surface area contributed by atoms with E-state index < -0.39 is 46.4 Å². The molecule has 3 N–H and O–H groups in total. The Balaban J connectivity index is 1.43. The molecule has 4 aromatic rings. The summed E-state index contributed by atoms with van der Waals surface area (Å²) in [5, 5.41) is 13.4. The molecule has 0 saturated carbocycles. The van der Waals surface area contributed by atoms with Gasteiger partial charge in [-0.3, -0.25) is 0 Å². The SMILES string of the molecule is CN1CC[C@H](C(F)F)[C@](C)(COc2nc(N3C[C@H]4CC[C@@H](C3)N4)c3cc(C(F)(F)F)c(-c4cccc5sc(N)c(C#N)c45)c(F)c3n2)C1. The summed E-state index contributed by atoms with van der Waals surface area (Å²) < 4.78 is 96.5. The standard InChI is InChI=1S/C33H33F6N7OS/c1-32(14-45(2)9-8-21(32)28(35)36)15-47-31-43-27-19(30(44-31)46-12-16-6-7-17(13-46)42-16)10-22(33(37,38)39)25(26(27)34)18-4-3-5-23-24(18)20(11-40)29(41)48-23/h3-5,10,16-17,21,28,42H,6-9,12-15,41H2,1-2H3/t16-,17+,21-,32+/m1/s1. The van der Waals surface area contributed by atoms with Crippen LogP contribution in [0.3, 0.4) is 0 Å². The zero-order valence-electron chi connectivity index (χ0n) is 26.2. The van der Waals surface area contributed by atoms with E-state index >= 15 is 4.39 Å². The van der Waals surface area contributed by atoms with Crippen LogP contribution in [0.15, 0.2) is 24.3 Å².